The summed E-state index contributed by atoms with van der Waals surface area (Å²) in [4.78, 5) is 7.24. The monoisotopic (exact) mass is 877 g/mol. The van der Waals surface area contributed by atoms with E-state index in [-0.39, 0.29) is 45.7 Å². The molecule has 0 bridgehead atoms. The second-order valence-electron chi connectivity index (χ2n) is 25.0. The molecule has 0 N–H and O–H groups in total. The molecule has 4 aromatic rings. The third kappa shape index (κ3) is 6.67. The molecule has 3 unspecified atom stereocenters. The minimum Gasteiger partial charge on any atom is -0.333 e. The number of hydrogen-bond acceptors (Lipinski definition) is 3. The Balaban J connectivity index is 1.24. The maximum absolute atomic E-state index is 4.52. The first-order valence-corrected chi connectivity index (χ1v) is 26.2. The molecule has 0 radical (unpaired) electrons. The highest BCUT2D eigenvalue weighted by molar-refractivity contribution is 7.29. The topological polar surface area (TPSA) is 6.48 Å². The molecule has 7 aliphatic rings. The Morgan fingerprint density at radius 2 is 1.43 bits per heavy atom. The van der Waals surface area contributed by atoms with Gasteiger partial charge in [-0.25, -0.2) is 0 Å². The average Bonchev–Trinajstić information content (AvgIpc) is 3.64. The van der Waals surface area contributed by atoms with Gasteiger partial charge in [0, 0.05) is 38.3 Å². The van der Waals surface area contributed by atoms with Crippen LogP contribution in [-0.2, 0) is 34.5 Å². The van der Waals surface area contributed by atoms with Gasteiger partial charge in [0.05, 0.1) is 11.7 Å². The molecule has 0 saturated carbocycles. The first kappa shape index (κ1) is 43.3. The summed E-state index contributed by atoms with van der Waals surface area (Å²) in [6.07, 6.45) is 27.9. The van der Waals surface area contributed by atoms with Crippen molar-refractivity contribution in [2.24, 2.45) is 17.3 Å². The minimum atomic E-state index is 0.0556. The molecular weight excluding hydrogens is 804 g/mol. The first-order valence-electron chi connectivity index (χ1n) is 25.3. The van der Waals surface area contributed by atoms with E-state index in [9.17, 15) is 0 Å². The van der Waals surface area contributed by atoms with Crippen LogP contribution in [0.25, 0.3) is 6.08 Å². The van der Waals surface area contributed by atoms with Gasteiger partial charge in [-0.3, -0.25) is 0 Å². The summed E-state index contributed by atoms with van der Waals surface area (Å²) in [5.41, 5.74) is 22.1. The zero-order valence-electron chi connectivity index (χ0n) is 41.8. The van der Waals surface area contributed by atoms with Gasteiger partial charge in [-0.15, -0.1) is 0 Å². The van der Waals surface area contributed by atoms with Crippen LogP contribution in [0, 0.1) is 17.3 Å². The standard InChI is InChI=1S/C61H73BN2S/c1-14-38-31-51-54-52(32-38)64(49-24-21-40(57(3,4)5)33-42(49)39-18-16-15-17-19-39)55-43-30-37(2)20-25-53(43)65-56(55)62(54)48-35-46-47(61(12,13)29-28-60(46,10)11)36-50(48)63(51)41-22-23-44-45(34-41)59(8,9)27-26-58(44,6)7/h14,16,18-19,21-24,31-37,42,49H,1,15,17,20,25-30H2,2-13H3. The maximum Gasteiger partial charge on any atom is 0.264 e. The van der Waals surface area contributed by atoms with E-state index >= 15 is 0 Å². The zero-order chi connectivity index (χ0) is 45.7. The fourth-order valence-electron chi connectivity index (χ4n) is 13.3. The Bertz CT molecular complexity index is 2810. The van der Waals surface area contributed by atoms with E-state index in [1.54, 1.807) is 20.8 Å². The number of aryl methyl sites for hydroxylation is 1. The Hall–Kier alpha value is -4.28. The predicted octanol–water partition coefficient (Wildman–Crippen LogP) is 14.8. The summed E-state index contributed by atoms with van der Waals surface area (Å²) in [5.74, 6) is 0.888. The molecule has 2 nitrogen and oxygen atoms in total. The fourth-order valence-corrected chi connectivity index (χ4v) is 14.8. The van der Waals surface area contributed by atoms with Crippen LogP contribution in [0.3, 0.4) is 0 Å². The lowest BCUT2D eigenvalue weighted by Gasteiger charge is -2.49. The predicted molar refractivity (Wildman–Crippen MR) is 285 cm³/mol. The van der Waals surface area contributed by atoms with Crippen LogP contribution in [0.1, 0.15) is 166 Å². The van der Waals surface area contributed by atoms with E-state index in [0.717, 1.165) is 19.3 Å². The van der Waals surface area contributed by atoms with Crippen molar-refractivity contribution in [1.82, 2.24) is 0 Å². The number of benzene rings is 3. The molecule has 11 rings (SSSR count). The lowest BCUT2D eigenvalue weighted by atomic mass is 9.35. The average molecular weight is 877 g/mol. The Kier molecular flexibility index (Phi) is 9.74. The SMILES string of the molecule is C=Cc1cc2c3c(c1)N(C1C=CC(C(C)(C)C)=CC1C1=CCCC=C1)c1c(sc4c1CC(C)CC4)B3c1cc3c(cc1N2c1ccc2c(c1)C(C)(C)CCC2(C)C)C(C)(C)CCC3(C)C. The van der Waals surface area contributed by atoms with E-state index in [1.807, 2.05) is 0 Å². The molecule has 0 spiro atoms. The van der Waals surface area contributed by atoms with Crippen LogP contribution >= 0.6 is 11.3 Å². The molecule has 2 aliphatic heterocycles. The normalized spacial score (nSPS) is 25.0. The van der Waals surface area contributed by atoms with Crippen molar-refractivity contribution >= 4 is 68.3 Å². The molecule has 0 saturated heterocycles. The molecule has 3 aromatic carbocycles. The van der Waals surface area contributed by atoms with Gasteiger partial charge >= 0.3 is 0 Å². The van der Waals surface area contributed by atoms with Gasteiger partial charge in [-0.05, 0) is 177 Å². The third-order valence-corrected chi connectivity index (χ3v) is 19.0. The van der Waals surface area contributed by atoms with Crippen LogP contribution in [0.5, 0.6) is 0 Å². The molecule has 1 aromatic heterocycles. The van der Waals surface area contributed by atoms with Gasteiger partial charge in [-0.2, -0.15) is 11.3 Å². The van der Waals surface area contributed by atoms with Gasteiger partial charge in [0.1, 0.15) is 0 Å². The van der Waals surface area contributed by atoms with E-state index in [2.05, 4.69) is 196 Å². The number of nitrogens with zero attached hydrogens (tertiary/aromatic N) is 2. The van der Waals surface area contributed by atoms with Crippen molar-refractivity contribution in [3.05, 3.63) is 135 Å². The van der Waals surface area contributed by atoms with Gasteiger partial charge in [0.15, 0.2) is 0 Å². The van der Waals surface area contributed by atoms with Crippen LogP contribution in [-0.4, -0.2) is 12.8 Å². The summed E-state index contributed by atoms with van der Waals surface area (Å²) in [5, 5.41) is 0. The molecule has 336 valence electrons. The number of allylic oxidation sites excluding steroid dienone is 5. The Morgan fingerprint density at radius 1 is 0.769 bits per heavy atom. The fraction of sp³-hybridized carbons (Fsp3) is 0.475. The van der Waals surface area contributed by atoms with Gasteiger partial charge in [-0.1, -0.05) is 144 Å². The quantitative estimate of drug-likeness (QED) is 0.166. The maximum atomic E-state index is 4.52. The van der Waals surface area contributed by atoms with Crippen molar-refractivity contribution < 1.29 is 0 Å². The largest absolute Gasteiger partial charge is 0.333 e. The molecule has 3 atom stereocenters. The van der Waals surface area contributed by atoms with E-state index < -0.39 is 0 Å². The number of anilines is 5. The lowest BCUT2D eigenvalue weighted by Crippen LogP contribution is -2.62. The van der Waals surface area contributed by atoms with Gasteiger partial charge < -0.3 is 9.80 Å². The molecule has 0 fully saturated rings. The van der Waals surface area contributed by atoms with Crippen molar-refractivity contribution in [3.8, 4) is 0 Å². The van der Waals surface area contributed by atoms with Gasteiger partial charge in [0.2, 0.25) is 0 Å². The molecule has 4 heteroatoms. The summed E-state index contributed by atoms with van der Waals surface area (Å²) in [7, 11) is 0. The van der Waals surface area contributed by atoms with E-state index in [1.165, 1.54) is 111 Å². The zero-order valence-corrected chi connectivity index (χ0v) is 42.6. The molecule has 0 amide bonds. The van der Waals surface area contributed by atoms with Crippen molar-refractivity contribution in [3.63, 3.8) is 0 Å². The summed E-state index contributed by atoms with van der Waals surface area (Å²) >= 11 is 2.17. The highest BCUT2D eigenvalue weighted by Gasteiger charge is 2.50. The van der Waals surface area contributed by atoms with Crippen molar-refractivity contribution in [1.29, 1.82) is 0 Å². The highest BCUT2D eigenvalue weighted by Crippen LogP contribution is 2.54. The minimum absolute atomic E-state index is 0.0556. The van der Waals surface area contributed by atoms with Crippen molar-refractivity contribution in [2.75, 3.05) is 9.80 Å². The summed E-state index contributed by atoms with van der Waals surface area (Å²) < 4.78 is 1.57. The second kappa shape index (κ2) is 14.6. The number of hydrogen-bond donors (Lipinski definition) is 0. The second-order valence-corrected chi connectivity index (χ2v) is 26.2. The molecule has 5 aliphatic carbocycles. The molecular formula is C61H73BN2S. The molecule has 3 heterocycles. The van der Waals surface area contributed by atoms with E-state index in [0.29, 0.717) is 5.92 Å². The Labute approximate surface area is 396 Å². The third-order valence-electron chi connectivity index (χ3n) is 17.6. The highest BCUT2D eigenvalue weighted by atomic mass is 32.1. The first-order chi connectivity index (χ1) is 30.7. The lowest BCUT2D eigenvalue weighted by molar-refractivity contribution is 0.332. The molecule has 65 heavy (non-hydrogen) atoms. The Morgan fingerprint density at radius 3 is 2.09 bits per heavy atom. The smallest absolute Gasteiger partial charge is 0.264 e. The van der Waals surface area contributed by atoms with Gasteiger partial charge in [0.25, 0.3) is 6.71 Å². The number of fused-ring (bicyclic) bond motifs is 8. The van der Waals surface area contributed by atoms with Crippen LogP contribution in [0.15, 0.2) is 96.6 Å². The number of thiophene rings is 1. The van der Waals surface area contributed by atoms with Crippen LogP contribution in [0.2, 0.25) is 0 Å². The number of rotatable bonds is 4. The van der Waals surface area contributed by atoms with Crippen molar-refractivity contribution in [2.45, 2.75) is 169 Å². The summed E-state index contributed by atoms with van der Waals surface area (Å²) in [6.45, 7) is 34.2. The van der Waals surface area contributed by atoms with E-state index in [4.69, 9.17) is 0 Å². The van der Waals surface area contributed by atoms with Crippen LogP contribution < -0.4 is 25.5 Å². The summed E-state index contributed by atoms with van der Waals surface area (Å²) in [6, 6.07) is 18.2. The van der Waals surface area contributed by atoms with Crippen LogP contribution in [0.4, 0.5) is 28.4 Å².